The molecular weight excluding hydrogens is 224 g/mol. The Kier molecular flexibility index (Phi) is 4.24. The summed E-state index contributed by atoms with van der Waals surface area (Å²) in [5.41, 5.74) is 1.51. The second-order valence-electron chi connectivity index (χ2n) is 3.88. The van der Waals surface area contributed by atoms with Crippen LogP contribution >= 0.6 is 0 Å². The second kappa shape index (κ2) is 5.25. The van der Waals surface area contributed by atoms with Crippen LogP contribution in [0.15, 0.2) is 24.3 Å². The number of sulfone groups is 1. The van der Waals surface area contributed by atoms with Gasteiger partial charge in [-0.15, -0.1) is 0 Å². The molecule has 0 heterocycles. The molecule has 0 aromatic heterocycles. The van der Waals surface area contributed by atoms with E-state index >= 15 is 0 Å². The van der Waals surface area contributed by atoms with Crippen molar-refractivity contribution in [3.05, 3.63) is 35.4 Å². The number of aryl methyl sites for hydroxylation is 1. The molecule has 0 N–H and O–H groups in total. The number of carbonyl (C=O) groups is 1. The number of hydrogen-bond donors (Lipinski definition) is 0. The van der Waals surface area contributed by atoms with Crippen LogP contribution < -0.4 is 0 Å². The Bertz CT molecular complexity index is 458. The maximum Gasteiger partial charge on any atom is 0.177 e. The van der Waals surface area contributed by atoms with E-state index < -0.39 is 9.84 Å². The molecule has 0 saturated carbocycles. The Hall–Kier alpha value is -1.16. The van der Waals surface area contributed by atoms with E-state index in [4.69, 9.17) is 0 Å². The van der Waals surface area contributed by atoms with Gasteiger partial charge >= 0.3 is 0 Å². The predicted molar refractivity (Wildman–Crippen MR) is 64.5 cm³/mol. The van der Waals surface area contributed by atoms with Crippen molar-refractivity contribution in [2.75, 3.05) is 11.5 Å². The summed E-state index contributed by atoms with van der Waals surface area (Å²) in [7, 11) is -3.24. The fourth-order valence-corrected chi connectivity index (χ4v) is 2.74. The van der Waals surface area contributed by atoms with Gasteiger partial charge in [0.15, 0.2) is 15.6 Å². The summed E-state index contributed by atoms with van der Waals surface area (Å²) < 4.78 is 22.9. The average Bonchev–Trinajstić information content (AvgIpc) is 2.17. The first-order valence-corrected chi connectivity index (χ1v) is 7.07. The normalized spacial score (nSPS) is 11.4. The Morgan fingerprint density at radius 1 is 1.19 bits per heavy atom. The Balaban J connectivity index is 2.77. The Morgan fingerprint density at radius 3 is 2.25 bits per heavy atom. The molecule has 88 valence electrons. The lowest BCUT2D eigenvalue weighted by atomic mass is 10.1. The summed E-state index contributed by atoms with van der Waals surface area (Å²) in [4.78, 5) is 11.7. The number of rotatable bonds is 5. The largest absolute Gasteiger partial charge is 0.293 e. The zero-order valence-electron chi connectivity index (χ0n) is 9.56. The molecule has 0 fully saturated rings. The van der Waals surface area contributed by atoms with Gasteiger partial charge in [-0.3, -0.25) is 4.79 Å². The zero-order chi connectivity index (χ0) is 12.2. The predicted octanol–water partition coefficient (Wildman–Crippen LogP) is 2.00. The van der Waals surface area contributed by atoms with Gasteiger partial charge in [0.2, 0.25) is 0 Å². The molecule has 0 aliphatic carbocycles. The van der Waals surface area contributed by atoms with Gasteiger partial charge in [-0.05, 0) is 13.3 Å². The van der Waals surface area contributed by atoms with Crippen LogP contribution in [-0.2, 0) is 9.84 Å². The van der Waals surface area contributed by atoms with Crippen molar-refractivity contribution in [2.45, 2.75) is 20.3 Å². The van der Waals surface area contributed by atoms with Gasteiger partial charge in [0.1, 0.15) is 5.75 Å². The minimum atomic E-state index is -3.24. The first kappa shape index (κ1) is 12.9. The van der Waals surface area contributed by atoms with E-state index in [-0.39, 0.29) is 17.3 Å². The van der Waals surface area contributed by atoms with E-state index in [1.54, 1.807) is 31.2 Å². The van der Waals surface area contributed by atoms with Gasteiger partial charge in [-0.25, -0.2) is 8.42 Å². The number of carbonyl (C=O) groups excluding carboxylic acids is 1. The molecule has 3 nitrogen and oxygen atoms in total. The van der Waals surface area contributed by atoms with Crippen molar-refractivity contribution in [3.8, 4) is 0 Å². The van der Waals surface area contributed by atoms with Gasteiger partial charge in [0, 0.05) is 5.56 Å². The van der Waals surface area contributed by atoms with Crippen molar-refractivity contribution in [3.63, 3.8) is 0 Å². The molecule has 0 spiro atoms. The summed E-state index contributed by atoms with van der Waals surface area (Å²) >= 11 is 0. The van der Waals surface area contributed by atoms with Gasteiger partial charge in [-0.1, -0.05) is 36.8 Å². The molecule has 0 radical (unpaired) electrons. The minimum Gasteiger partial charge on any atom is -0.293 e. The first-order valence-electron chi connectivity index (χ1n) is 5.25. The lowest BCUT2D eigenvalue weighted by Gasteiger charge is -2.02. The molecule has 0 saturated heterocycles. The molecule has 1 aromatic carbocycles. The van der Waals surface area contributed by atoms with Crippen molar-refractivity contribution in [1.29, 1.82) is 0 Å². The molecule has 0 atom stereocenters. The minimum absolute atomic E-state index is 0.0740. The van der Waals surface area contributed by atoms with E-state index in [0.717, 1.165) is 5.56 Å². The number of hydrogen-bond acceptors (Lipinski definition) is 3. The van der Waals surface area contributed by atoms with Crippen molar-refractivity contribution < 1.29 is 13.2 Å². The smallest absolute Gasteiger partial charge is 0.177 e. The SMILES string of the molecule is CCCS(=O)(=O)CC(=O)c1ccc(C)cc1. The number of benzene rings is 1. The van der Waals surface area contributed by atoms with Gasteiger partial charge < -0.3 is 0 Å². The molecule has 0 amide bonds. The monoisotopic (exact) mass is 240 g/mol. The molecule has 1 aromatic rings. The summed E-state index contributed by atoms with van der Waals surface area (Å²) in [5, 5.41) is 0. The van der Waals surface area contributed by atoms with Crippen LogP contribution in [0.25, 0.3) is 0 Å². The van der Waals surface area contributed by atoms with Crippen LogP contribution in [0.1, 0.15) is 29.3 Å². The van der Waals surface area contributed by atoms with Crippen molar-refractivity contribution >= 4 is 15.6 Å². The van der Waals surface area contributed by atoms with E-state index in [1.807, 2.05) is 6.92 Å². The van der Waals surface area contributed by atoms with Crippen molar-refractivity contribution in [2.24, 2.45) is 0 Å². The molecule has 16 heavy (non-hydrogen) atoms. The maximum atomic E-state index is 11.7. The van der Waals surface area contributed by atoms with Gasteiger partial charge in [0.25, 0.3) is 0 Å². The third-order valence-corrected chi connectivity index (χ3v) is 3.97. The van der Waals surface area contributed by atoms with E-state index in [2.05, 4.69) is 0 Å². The Morgan fingerprint density at radius 2 is 1.75 bits per heavy atom. The van der Waals surface area contributed by atoms with E-state index in [1.165, 1.54) is 0 Å². The molecular formula is C12H16O3S. The average molecular weight is 240 g/mol. The maximum absolute atomic E-state index is 11.7. The third kappa shape index (κ3) is 3.77. The number of ketones is 1. The topological polar surface area (TPSA) is 51.2 Å². The molecule has 0 aliphatic heterocycles. The Labute approximate surface area is 96.4 Å². The van der Waals surface area contributed by atoms with E-state index in [9.17, 15) is 13.2 Å². The van der Waals surface area contributed by atoms with Crippen LogP contribution in [-0.4, -0.2) is 25.7 Å². The van der Waals surface area contributed by atoms with Crippen LogP contribution in [0.2, 0.25) is 0 Å². The highest BCUT2D eigenvalue weighted by molar-refractivity contribution is 7.92. The lowest BCUT2D eigenvalue weighted by molar-refractivity contribution is 0.102. The van der Waals surface area contributed by atoms with Crippen LogP contribution in [0.4, 0.5) is 0 Å². The highest BCUT2D eigenvalue weighted by Crippen LogP contribution is 2.06. The van der Waals surface area contributed by atoms with Crippen molar-refractivity contribution in [1.82, 2.24) is 0 Å². The molecule has 0 aliphatic rings. The highest BCUT2D eigenvalue weighted by Gasteiger charge is 2.16. The zero-order valence-corrected chi connectivity index (χ0v) is 10.4. The summed E-state index contributed by atoms with van der Waals surface area (Å²) in [6.45, 7) is 3.70. The lowest BCUT2D eigenvalue weighted by Crippen LogP contribution is -2.18. The fraction of sp³-hybridized carbons (Fsp3) is 0.417. The van der Waals surface area contributed by atoms with Crippen LogP contribution in [0, 0.1) is 6.92 Å². The third-order valence-electron chi connectivity index (χ3n) is 2.24. The summed E-state index contributed by atoms with van der Waals surface area (Å²) in [5.74, 6) is -0.637. The summed E-state index contributed by atoms with van der Waals surface area (Å²) in [6.07, 6.45) is 0.545. The highest BCUT2D eigenvalue weighted by atomic mass is 32.2. The van der Waals surface area contributed by atoms with Gasteiger partial charge in [-0.2, -0.15) is 0 Å². The molecule has 0 unspecified atom stereocenters. The fourth-order valence-electron chi connectivity index (χ4n) is 1.41. The van der Waals surface area contributed by atoms with Crippen LogP contribution in [0.5, 0.6) is 0 Å². The summed E-state index contributed by atoms with van der Waals surface area (Å²) in [6, 6.07) is 6.94. The van der Waals surface area contributed by atoms with Crippen LogP contribution in [0.3, 0.4) is 0 Å². The molecule has 0 bridgehead atoms. The standard InChI is InChI=1S/C12H16O3S/c1-3-8-16(14,15)9-12(13)11-6-4-10(2)5-7-11/h4-7H,3,8-9H2,1-2H3. The van der Waals surface area contributed by atoms with E-state index in [0.29, 0.717) is 12.0 Å². The number of Topliss-reactive ketones (excluding diaryl/α,β-unsaturated/α-hetero) is 1. The molecule has 4 heteroatoms. The quantitative estimate of drug-likeness (QED) is 0.740. The second-order valence-corrected chi connectivity index (χ2v) is 6.07. The van der Waals surface area contributed by atoms with Gasteiger partial charge in [0.05, 0.1) is 5.75 Å². The first-order chi connectivity index (χ1) is 7.44. The molecule has 1 rings (SSSR count).